The number of nitrogens with zero attached hydrogens (tertiary/aromatic N) is 2. The van der Waals surface area contributed by atoms with E-state index in [9.17, 15) is 9.65 Å². The van der Waals surface area contributed by atoms with Gasteiger partial charge in [-0.3, -0.25) is 4.90 Å². The van der Waals surface area contributed by atoms with Crippen molar-refractivity contribution in [3.8, 4) is 6.07 Å². The van der Waals surface area contributed by atoms with Gasteiger partial charge in [-0.25, -0.2) is 4.39 Å². The van der Waals surface area contributed by atoms with Gasteiger partial charge >= 0.3 is 0 Å². The number of halogens is 1. The van der Waals surface area contributed by atoms with Crippen molar-refractivity contribution in [1.29, 1.82) is 5.26 Å². The van der Waals surface area contributed by atoms with Crippen molar-refractivity contribution in [3.05, 3.63) is 107 Å². The van der Waals surface area contributed by atoms with E-state index in [2.05, 4.69) is 78.6 Å². The molecule has 1 aliphatic carbocycles. The fourth-order valence-corrected chi connectivity index (χ4v) is 5.47. The first-order valence-electron chi connectivity index (χ1n) is 13.1. The van der Waals surface area contributed by atoms with E-state index in [1.807, 2.05) is 12.1 Å². The number of benzene rings is 3. The molecule has 0 heterocycles. The quantitative estimate of drug-likeness (QED) is 0.262. The van der Waals surface area contributed by atoms with Crippen LogP contribution in [0.15, 0.2) is 84.9 Å². The third kappa shape index (κ3) is 6.59. The summed E-state index contributed by atoms with van der Waals surface area (Å²) < 4.78 is 13.6. The molecule has 3 heteroatoms. The van der Waals surface area contributed by atoms with Crippen LogP contribution in [0.2, 0.25) is 0 Å². The Balaban J connectivity index is 1.49. The molecule has 1 aliphatic rings. The summed E-state index contributed by atoms with van der Waals surface area (Å²) in [5.74, 6) is 0.147. The summed E-state index contributed by atoms with van der Waals surface area (Å²) in [7, 11) is 0. The Hall–Kier alpha value is -2.96. The SMILES string of the molecule is CCC(CCC(C#N)(c1ccc(F)cc1)C1CC1)N(CCc1ccccc1)CCc1ccccc1. The summed E-state index contributed by atoms with van der Waals surface area (Å²) in [5.41, 5.74) is 3.20. The third-order valence-corrected chi connectivity index (χ3v) is 7.75. The topological polar surface area (TPSA) is 27.0 Å². The van der Waals surface area contributed by atoms with Gasteiger partial charge in [0.05, 0.1) is 11.5 Å². The van der Waals surface area contributed by atoms with Crippen molar-refractivity contribution in [1.82, 2.24) is 4.90 Å². The smallest absolute Gasteiger partial charge is 0.123 e. The van der Waals surface area contributed by atoms with Gasteiger partial charge in [-0.1, -0.05) is 79.7 Å². The molecule has 0 radical (unpaired) electrons. The molecule has 1 saturated carbocycles. The lowest BCUT2D eigenvalue weighted by molar-refractivity contribution is 0.174. The summed E-state index contributed by atoms with van der Waals surface area (Å²) in [6, 6.07) is 31.2. The lowest BCUT2D eigenvalue weighted by Crippen LogP contribution is -2.40. The largest absolute Gasteiger partial charge is 0.300 e. The molecule has 0 saturated heterocycles. The molecule has 2 unspecified atom stereocenters. The summed E-state index contributed by atoms with van der Waals surface area (Å²) in [5, 5.41) is 10.4. The molecule has 1 fully saturated rings. The minimum atomic E-state index is -0.508. The van der Waals surface area contributed by atoms with Gasteiger partial charge in [-0.2, -0.15) is 5.26 Å². The molecule has 0 spiro atoms. The molecule has 35 heavy (non-hydrogen) atoms. The van der Waals surface area contributed by atoms with Gasteiger partial charge in [0.25, 0.3) is 0 Å². The highest BCUT2D eigenvalue weighted by Gasteiger charge is 2.47. The first-order valence-corrected chi connectivity index (χ1v) is 13.1. The second-order valence-electron chi connectivity index (χ2n) is 9.97. The molecule has 0 N–H and O–H groups in total. The predicted molar refractivity (Wildman–Crippen MR) is 142 cm³/mol. The van der Waals surface area contributed by atoms with Crippen LogP contribution in [0.4, 0.5) is 4.39 Å². The molecule has 2 atom stereocenters. The van der Waals surface area contributed by atoms with Crippen molar-refractivity contribution in [3.63, 3.8) is 0 Å². The van der Waals surface area contributed by atoms with Crippen LogP contribution >= 0.6 is 0 Å². The first-order chi connectivity index (χ1) is 17.1. The van der Waals surface area contributed by atoms with E-state index < -0.39 is 5.41 Å². The average molecular weight is 469 g/mol. The van der Waals surface area contributed by atoms with Crippen LogP contribution in [-0.2, 0) is 18.3 Å². The zero-order valence-corrected chi connectivity index (χ0v) is 20.9. The highest BCUT2D eigenvalue weighted by molar-refractivity contribution is 5.36. The highest BCUT2D eigenvalue weighted by atomic mass is 19.1. The maximum Gasteiger partial charge on any atom is 0.123 e. The molecule has 2 nitrogen and oxygen atoms in total. The third-order valence-electron chi connectivity index (χ3n) is 7.75. The standard InChI is InChI=1S/C32H37FN2/c1-2-31(19-22-32(25-34,28-13-14-28)29-15-17-30(33)18-16-29)35(23-20-26-9-5-3-6-10-26)24-21-27-11-7-4-8-12-27/h3-12,15-18,28,31H,2,13-14,19-24H2,1H3. The number of hydrogen-bond acceptors (Lipinski definition) is 2. The normalized spacial score (nSPS) is 15.9. The Labute approximate surface area is 210 Å². The zero-order valence-electron chi connectivity index (χ0n) is 20.9. The van der Waals surface area contributed by atoms with Gasteiger partial charge in [0.2, 0.25) is 0 Å². The predicted octanol–water partition coefficient (Wildman–Crippen LogP) is 7.34. The van der Waals surface area contributed by atoms with Crippen molar-refractivity contribution in [2.24, 2.45) is 5.92 Å². The summed E-state index contributed by atoms with van der Waals surface area (Å²) in [6.45, 7) is 4.29. The number of nitriles is 1. The first kappa shape index (κ1) is 25.1. The van der Waals surface area contributed by atoms with E-state index in [0.717, 1.165) is 63.6 Å². The Kier molecular flexibility index (Phi) is 8.72. The Bertz CT molecular complexity index is 1030. The Morgan fingerprint density at radius 2 is 1.43 bits per heavy atom. The molecule has 0 aromatic heterocycles. The van der Waals surface area contributed by atoms with Crippen molar-refractivity contribution in [2.45, 2.75) is 63.3 Å². The van der Waals surface area contributed by atoms with Crippen LogP contribution in [-0.4, -0.2) is 24.0 Å². The van der Waals surface area contributed by atoms with Crippen molar-refractivity contribution in [2.75, 3.05) is 13.1 Å². The number of rotatable bonds is 13. The van der Waals surface area contributed by atoms with E-state index in [1.165, 1.54) is 23.3 Å². The Morgan fingerprint density at radius 3 is 1.89 bits per heavy atom. The van der Waals surface area contributed by atoms with Crippen LogP contribution < -0.4 is 0 Å². The van der Waals surface area contributed by atoms with E-state index >= 15 is 0 Å². The molecule has 0 amide bonds. The van der Waals surface area contributed by atoms with Gasteiger partial charge in [0.1, 0.15) is 5.82 Å². The van der Waals surface area contributed by atoms with E-state index in [4.69, 9.17) is 0 Å². The summed E-state index contributed by atoms with van der Waals surface area (Å²) in [6.07, 6.45) is 7.08. The van der Waals surface area contributed by atoms with E-state index in [0.29, 0.717) is 12.0 Å². The van der Waals surface area contributed by atoms with Gasteiger partial charge in [0.15, 0.2) is 0 Å². The van der Waals surface area contributed by atoms with Crippen molar-refractivity contribution >= 4 is 0 Å². The maximum atomic E-state index is 13.6. The highest BCUT2D eigenvalue weighted by Crippen LogP contribution is 2.50. The van der Waals surface area contributed by atoms with Crippen LogP contribution in [0, 0.1) is 23.1 Å². The minimum absolute atomic E-state index is 0.240. The average Bonchev–Trinajstić information content (AvgIpc) is 3.76. The second-order valence-corrected chi connectivity index (χ2v) is 9.97. The molecular weight excluding hydrogens is 431 g/mol. The van der Waals surface area contributed by atoms with Gasteiger partial charge < -0.3 is 0 Å². The summed E-state index contributed by atoms with van der Waals surface area (Å²) in [4.78, 5) is 2.64. The molecule has 0 aliphatic heterocycles. The molecule has 3 aromatic rings. The molecule has 3 aromatic carbocycles. The fourth-order valence-electron chi connectivity index (χ4n) is 5.47. The van der Waals surface area contributed by atoms with Crippen molar-refractivity contribution < 1.29 is 4.39 Å². The van der Waals surface area contributed by atoms with Gasteiger partial charge in [0, 0.05) is 19.1 Å². The monoisotopic (exact) mass is 468 g/mol. The van der Waals surface area contributed by atoms with Crippen LogP contribution in [0.25, 0.3) is 0 Å². The molecule has 0 bridgehead atoms. The second kappa shape index (κ2) is 12.1. The zero-order chi connectivity index (χ0) is 24.5. The lowest BCUT2D eigenvalue weighted by atomic mass is 9.73. The number of hydrogen-bond donors (Lipinski definition) is 0. The van der Waals surface area contributed by atoms with Crippen LogP contribution in [0.1, 0.15) is 55.7 Å². The van der Waals surface area contributed by atoms with E-state index in [-0.39, 0.29) is 5.82 Å². The molecule has 182 valence electrons. The van der Waals surface area contributed by atoms with Gasteiger partial charge in [-0.15, -0.1) is 0 Å². The molecular formula is C32H37FN2. The fraction of sp³-hybridized carbons (Fsp3) is 0.406. The van der Waals surface area contributed by atoms with E-state index in [1.54, 1.807) is 0 Å². The Morgan fingerprint density at radius 1 is 0.886 bits per heavy atom. The minimum Gasteiger partial charge on any atom is -0.300 e. The van der Waals surface area contributed by atoms with Crippen LogP contribution in [0.5, 0.6) is 0 Å². The van der Waals surface area contributed by atoms with Gasteiger partial charge in [-0.05, 0) is 79.7 Å². The lowest BCUT2D eigenvalue weighted by Gasteiger charge is -2.35. The molecule has 4 rings (SSSR count). The summed E-state index contributed by atoms with van der Waals surface area (Å²) >= 11 is 0. The maximum absolute atomic E-state index is 13.6. The van der Waals surface area contributed by atoms with Crippen LogP contribution in [0.3, 0.4) is 0 Å².